The molecule has 1 saturated heterocycles. The number of phenols is 1. The molecule has 0 radical (unpaired) electrons. The average Bonchev–Trinajstić information content (AvgIpc) is 2.75. The molecule has 1 aliphatic heterocycles. The average molecular weight is 226 g/mol. The number of para-hydroxylation sites is 1. The molecular weight excluding hydrogens is 212 g/mol. The monoisotopic (exact) mass is 226 g/mol. The third kappa shape index (κ3) is 4.27. The molecule has 2 rings (SSSR count). The molecule has 82 valence electrons. The minimum atomic E-state index is -0.280. The number of rotatable bonds is 1. The lowest BCUT2D eigenvalue weighted by molar-refractivity contribution is 0.198. The fourth-order valence-corrected chi connectivity index (χ4v) is 1.34. The summed E-state index contributed by atoms with van der Waals surface area (Å²) in [5, 5.41) is 17.5. The van der Waals surface area contributed by atoms with Gasteiger partial charge in [-0.2, -0.15) is 0 Å². The van der Waals surface area contributed by atoms with Gasteiger partial charge < -0.3 is 14.9 Å². The van der Waals surface area contributed by atoms with Crippen molar-refractivity contribution in [3.63, 3.8) is 0 Å². The van der Waals surface area contributed by atoms with E-state index in [0.717, 1.165) is 13.2 Å². The van der Waals surface area contributed by atoms with Gasteiger partial charge in [0.25, 0.3) is 0 Å². The summed E-state index contributed by atoms with van der Waals surface area (Å²) in [5.41, 5.74) is 0.303. The molecule has 4 heteroatoms. The third-order valence-corrected chi connectivity index (χ3v) is 2.18. The van der Waals surface area contributed by atoms with Crippen LogP contribution in [0.25, 0.3) is 0 Å². The zero-order valence-corrected chi connectivity index (χ0v) is 9.17. The molecule has 1 heterocycles. The second kappa shape index (κ2) is 6.37. The maximum atomic E-state index is 9.03. The number of ether oxygens (including phenoxy) is 1. The molecule has 1 aromatic rings. The Kier molecular flexibility index (Phi) is 5.07. The highest BCUT2D eigenvalue weighted by molar-refractivity contribution is 7.80. The summed E-state index contributed by atoms with van der Waals surface area (Å²) in [6.07, 6.45) is 2.56. The van der Waals surface area contributed by atoms with Gasteiger partial charge in [-0.15, -0.1) is 0 Å². The van der Waals surface area contributed by atoms with Gasteiger partial charge in [-0.05, 0) is 37.2 Å². The predicted molar refractivity (Wildman–Crippen MR) is 62.5 cm³/mol. The number of hydrogen-bond acceptors (Lipinski definition) is 3. The summed E-state index contributed by atoms with van der Waals surface area (Å²) in [4.78, 5) is 0. The van der Waals surface area contributed by atoms with Crippen LogP contribution in [0.3, 0.4) is 0 Å². The maximum Gasteiger partial charge on any atom is 0.192 e. The van der Waals surface area contributed by atoms with E-state index in [1.165, 1.54) is 18.9 Å². The van der Waals surface area contributed by atoms with Gasteiger partial charge in [0.2, 0.25) is 0 Å². The van der Waals surface area contributed by atoms with Gasteiger partial charge in [-0.1, -0.05) is 12.1 Å². The van der Waals surface area contributed by atoms with Gasteiger partial charge in [-0.3, -0.25) is 0 Å². The zero-order chi connectivity index (χ0) is 11.1. The van der Waals surface area contributed by atoms with E-state index in [4.69, 9.17) is 14.9 Å². The molecule has 1 fully saturated rings. The standard InChI is InChI=1S/C7H6O2S.C4H8O/c8-6-4-2-1-3-5(6)7(9)10;1-2-4-5-3-1/h1-4,8H,(H,9,10);1-4H2. The van der Waals surface area contributed by atoms with Crippen LogP contribution in [-0.4, -0.2) is 28.5 Å². The highest BCUT2D eigenvalue weighted by Crippen LogP contribution is 2.15. The largest absolute Gasteiger partial charge is 0.507 e. The first kappa shape index (κ1) is 11.9. The van der Waals surface area contributed by atoms with Crippen LogP contribution in [0.15, 0.2) is 24.3 Å². The van der Waals surface area contributed by atoms with Gasteiger partial charge in [0, 0.05) is 13.2 Å². The number of aromatic hydroxyl groups is 1. The van der Waals surface area contributed by atoms with E-state index in [1.54, 1.807) is 18.2 Å². The zero-order valence-electron chi connectivity index (χ0n) is 8.35. The van der Waals surface area contributed by atoms with E-state index in [0.29, 0.717) is 5.56 Å². The van der Waals surface area contributed by atoms with Gasteiger partial charge in [0.1, 0.15) is 5.75 Å². The second-order valence-corrected chi connectivity index (χ2v) is 3.53. The second-order valence-electron chi connectivity index (χ2n) is 3.14. The summed E-state index contributed by atoms with van der Waals surface area (Å²) in [5.74, 6) is 0.00926. The summed E-state index contributed by atoms with van der Waals surface area (Å²) in [7, 11) is 0. The van der Waals surface area contributed by atoms with Crippen LogP contribution in [0.2, 0.25) is 0 Å². The van der Waals surface area contributed by atoms with Gasteiger partial charge >= 0.3 is 0 Å². The van der Waals surface area contributed by atoms with E-state index in [-0.39, 0.29) is 10.8 Å². The summed E-state index contributed by atoms with van der Waals surface area (Å²) < 4.78 is 4.94. The van der Waals surface area contributed by atoms with E-state index in [9.17, 15) is 0 Å². The van der Waals surface area contributed by atoms with E-state index >= 15 is 0 Å². The quantitative estimate of drug-likeness (QED) is 0.722. The Labute approximate surface area is 94.3 Å². The topological polar surface area (TPSA) is 49.7 Å². The number of phenolic OH excluding ortho intramolecular Hbond substituents is 1. The Balaban J connectivity index is 0.000000187. The van der Waals surface area contributed by atoms with E-state index in [2.05, 4.69) is 12.2 Å². The Morgan fingerprint density at radius 1 is 1.20 bits per heavy atom. The van der Waals surface area contributed by atoms with Crippen LogP contribution in [-0.2, 0) is 4.74 Å². The van der Waals surface area contributed by atoms with Crippen molar-refractivity contribution in [2.24, 2.45) is 0 Å². The van der Waals surface area contributed by atoms with E-state index < -0.39 is 0 Å². The molecule has 3 nitrogen and oxygen atoms in total. The van der Waals surface area contributed by atoms with Crippen molar-refractivity contribution in [2.45, 2.75) is 12.8 Å². The number of aliphatic hydroxyl groups excluding tert-OH is 1. The molecule has 0 saturated carbocycles. The first-order valence-electron chi connectivity index (χ1n) is 4.81. The Bertz CT molecular complexity index is 314. The summed E-state index contributed by atoms with van der Waals surface area (Å²) in [6, 6.07) is 6.38. The smallest absolute Gasteiger partial charge is 0.192 e. The van der Waals surface area contributed by atoms with Crippen molar-refractivity contribution >= 4 is 17.3 Å². The number of thiocarbonyl (C=S) groups is 1. The normalized spacial score (nSPS) is 14.1. The van der Waals surface area contributed by atoms with Crippen LogP contribution in [0, 0.1) is 0 Å². The third-order valence-electron chi connectivity index (χ3n) is 1.96. The van der Waals surface area contributed by atoms with E-state index in [1.807, 2.05) is 0 Å². The number of aliphatic hydroxyl groups is 1. The Morgan fingerprint density at radius 2 is 1.80 bits per heavy atom. The predicted octanol–water partition coefficient (Wildman–Crippen LogP) is 2.42. The molecule has 0 unspecified atom stereocenters. The molecule has 0 spiro atoms. The molecule has 0 atom stereocenters. The van der Waals surface area contributed by atoms with Crippen LogP contribution < -0.4 is 0 Å². The highest BCUT2D eigenvalue weighted by Gasteiger charge is 2.01. The first-order valence-corrected chi connectivity index (χ1v) is 5.21. The minimum absolute atomic E-state index is 0.00926. The van der Waals surface area contributed by atoms with Crippen LogP contribution in [0.5, 0.6) is 5.75 Å². The molecule has 0 aromatic heterocycles. The lowest BCUT2D eigenvalue weighted by atomic mass is 10.2. The van der Waals surface area contributed by atoms with Crippen LogP contribution in [0.1, 0.15) is 18.4 Å². The molecule has 0 aliphatic carbocycles. The molecule has 0 bridgehead atoms. The van der Waals surface area contributed by atoms with Gasteiger partial charge in [0.15, 0.2) is 5.05 Å². The van der Waals surface area contributed by atoms with Gasteiger partial charge in [0.05, 0.1) is 5.56 Å². The minimum Gasteiger partial charge on any atom is -0.507 e. The van der Waals surface area contributed by atoms with Crippen molar-refractivity contribution in [3.8, 4) is 5.75 Å². The van der Waals surface area contributed by atoms with Crippen molar-refractivity contribution in [1.29, 1.82) is 0 Å². The lowest BCUT2D eigenvalue weighted by Crippen LogP contribution is -1.93. The first-order chi connectivity index (χ1) is 7.22. The molecule has 1 aliphatic rings. The maximum absolute atomic E-state index is 9.03. The van der Waals surface area contributed by atoms with Crippen LogP contribution >= 0.6 is 12.2 Å². The SMILES string of the molecule is C1CCOC1.OC(=S)c1ccccc1O. The summed E-state index contributed by atoms with van der Waals surface area (Å²) in [6.45, 7) is 2.00. The summed E-state index contributed by atoms with van der Waals surface area (Å²) >= 11 is 4.45. The molecule has 15 heavy (non-hydrogen) atoms. The Hall–Kier alpha value is -1.13. The van der Waals surface area contributed by atoms with Crippen molar-refractivity contribution < 1.29 is 14.9 Å². The highest BCUT2D eigenvalue weighted by atomic mass is 32.1. The molecule has 1 aromatic carbocycles. The lowest BCUT2D eigenvalue weighted by Gasteiger charge is -1.97. The fraction of sp³-hybridized carbons (Fsp3) is 0.364. The van der Waals surface area contributed by atoms with Crippen molar-refractivity contribution in [1.82, 2.24) is 0 Å². The Morgan fingerprint density at radius 3 is 2.13 bits per heavy atom. The number of hydrogen-bond donors (Lipinski definition) is 2. The molecule has 0 amide bonds. The molecular formula is C11H14O3S. The van der Waals surface area contributed by atoms with Crippen LogP contribution in [0.4, 0.5) is 0 Å². The fourth-order valence-electron chi connectivity index (χ4n) is 1.16. The van der Waals surface area contributed by atoms with Crippen molar-refractivity contribution in [2.75, 3.05) is 13.2 Å². The molecule has 2 N–H and O–H groups in total. The van der Waals surface area contributed by atoms with Crippen molar-refractivity contribution in [3.05, 3.63) is 29.8 Å². The number of benzene rings is 1. The van der Waals surface area contributed by atoms with Gasteiger partial charge in [-0.25, -0.2) is 0 Å².